The molecule has 0 aliphatic heterocycles. The first-order valence-corrected chi connectivity index (χ1v) is 8.20. The maximum Gasteiger partial charge on any atom is 0.0432 e. The molecule has 1 rings (SSSR count). The summed E-state index contributed by atoms with van der Waals surface area (Å²) in [6, 6.07) is 6.75. The van der Waals surface area contributed by atoms with Gasteiger partial charge in [-0.05, 0) is 63.4 Å². The SMILES string of the molecule is CCN(CC)C(C)(CC)C(Cc1c(C)cccc1C)NN. The molecular formula is C18H33N3. The van der Waals surface area contributed by atoms with Crippen molar-refractivity contribution in [2.75, 3.05) is 13.1 Å². The zero-order chi connectivity index (χ0) is 16.0. The van der Waals surface area contributed by atoms with Crippen LogP contribution in [0.25, 0.3) is 0 Å². The molecule has 3 heteroatoms. The molecule has 0 radical (unpaired) electrons. The predicted molar refractivity (Wildman–Crippen MR) is 92.3 cm³/mol. The van der Waals surface area contributed by atoms with Crippen molar-refractivity contribution in [1.29, 1.82) is 0 Å². The molecule has 0 heterocycles. The third kappa shape index (κ3) is 3.85. The standard InChI is InChI=1S/C18H33N3/c1-7-18(6,21(8-2)9-3)17(20-19)13-16-14(4)11-10-12-15(16)5/h10-12,17,20H,7-9,13,19H2,1-6H3. The van der Waals surface area contributed by atoms with Crippen LogP contribution < -0.4 is 11.3 Å². The van der Waals surface area contributed by atoms with Crippen LogP contribution in [-0.4, -0.2) is 29.6 Å². The molecular weight excluding hydrogens is 258 g/mol. The minimum atomic E-state index is 0.0625. The van der Waals surface area contributed by atoms with Crippen LogP contribution in [0.2, 0.25) is 0 Å². The minimum Gasteiger partial charge on any atom is -0.297 e. The van der Waals surface area contributed by atoms with E-state index in [0.29, 0.717) is 0 Å². The highest BCUT2D eigenvalue weighted by molar-refractivity contribution is 5.34. The van der Waals surface area contributed by atoms with Crippen LogP contribution in [-0.2, 0) is 6.42 Å². The molecule has 0 aliphatic carbocycles. The lowest BCUT2D eigenvalue weighted by Gasteiger charge is -2.45. The van der Waals surface area contributed by atoms with Gasteiger partial charge in [0.1, 0.15) is 0 Å². The second-order valence-corrected chi connectivity index (χ2v) is 6.18. The highest BCUT2D eigenvalue weighted by atomic mass is 15.3. The lowest BCUT2D eigenvalue weighted by atomic mass is 9.82. The molecule has 3 nitrogen and oxygen atoms in total. The summed E-state index contributed by atoms with van der Waals surface area (Å²) in [6.45, 7) is 15.5. The number of hydrazine groups is 1. The Labute approximate surface area is 130 Å². The van der Waals surface area contributed by atoms with Gasteiger partial charge in [-0.1, -0.05) is 39.0 Å². The molecule has 0 spiro atoms. The Morgan fingerprint density at radius 3 is 2.05 bits per heavy atom. The van der Waals surface area contributed by atoms with Gasteiger partial charge in [0.2, 0.25) is 0 Å². The van der Waals surface area contributed by atoms with E-state index in [4.69, 9.17) is 5.84 Å². The van der Waals surface area contributed by atoms with E-state index in [0.717, 1.165) is 25.9 Å². The number of rotatable bonds is 8. The molecule has 120 valence electrons. The molecule has 0 amide bonds. The summed E-state index contributed by atoms with van der Waals surface area (Å²) in [4.78, 5) is 2.52. The van der Waals surface area contributed by atoms with Crippen LogP contribution in [0.3, 0.4) is 0 Å². The van der Waals surface area contributed by atoms with E-state index in [-0.39, 0.29) is 11.6 Å². The normalized spacial score (nSPS) is 16.0. The quantitative estimate of drug-likeness (QED) is 0.571. The maximum atomic E-state index is 5.95. The van der Waals surface area contributed by atoms with Crippen LogP contribution in [0, 0.1) is 13.8 Å². The second-order valence-electron chi connectivity index (χ2n) is 6.18. The van der Waals surface area contributed by atoms with E-state index in [9.17, 15) is 0 Å². The summed E-state index contributed by atoms with van der Waals surface area (Å²) >= 11 is 0. The fraction of sp³-hybridized carbons (Fsp3) is 0.667. The van der Waals surface area contributed by atoms with Gasteiger partial charge in [-0.2, -0.15) is 0 Å². The topological polar surface area (TPSA) is 41.3 Å². The fourth-order valence-electron chi connectivity index (χ4n) is 3.47. The summed E-state index contributed by atoms with van der Waals surface area (Å²) in [5.74, 6) is 5.95. The zero-order valence-corrected chi connectivity index (χ0v) is 14.7. The fourth-order valence-corrected chi connectivity index (χ4v) is 3.47. The average Bonchev–Trinajstić information content (AvgIpc) is 2.48. The lowest BCUT2D eigenvalue weighted by molar-refractivity contribution is 0.0700. The third-order valence-electron chi connectivity index (χ3n) is 5.21. The van der Waals surface area contributed by atoms with Crippen molar-refractivity contribution in [3.05, 3.63) is 34.9 Å². The number of hydrogen-bond acceptors (Lipinski definition) is 3. The number of likely N-dealkylation sites (N-methyl/N-ethyl adjacent to an activating group) is 1. The van der Waals surface area contributed by atoms with Crippen molar-refractivity contribution < 1.29 is 0 Å². The highest BCUT2D eigenvalue weighted by Crippen LogP contribution is 2.27. The summed E-state index contributed by atoms with van der Waals surface area (Å²) in [5.41, 5.74) is 7.30. The van der Waals surface area contributed by atoms with Crippen molar-refractivity contribution in [1.82, 2.24) is 10.3 Å². The third-order valence-corrected chi connectivity index (χ3v) is 5.21. The van der Waals surface area contributed by atoms with Crippen LogP contribution in [0.1, 0.15) is 50.8 Å². The number of nitrogens with zero attached hydrogens (tertiary/aromatic N) is 1. The molecule has 21 heavy (non-hydrogen) atoms. The van der Waals surface area contributed by atoms with Gasteiger partial charge in [0, 0.05) is 11.6 Å². The van der Waals surface area contributed by atoms with Crippen molar-refractivity contribution in [3.8, 4) is 0 Å². The Hall–Kier alpha value is -0.900. The maximum absolute atomic E-state index is 5.95. The van der Waals surface area contributed by atoms with Gasteiger partial charge in [0.25, 0.3) is 0 Å². The molecule has 0 saturated heterocycles. The second kappa shape index (κ2) is 7.92. The smallest absolute Gasteiger partial charge is 0.0432 e. The molecule has 0 fully saturated rings. The predicted octanol–water partition coefficient (Wildman–Crippen LogP) is 3.19. The molecule has 0 saturated carbocycles. The van der Waals surface area contributed by atoms with Crippen LogP contribution in [0.4, 0.5) is 0 Å². The Balaban J connectivity index is 3.11. The highest BCUT2D eigenvalue weighted by Gasteiger charge is 2.36. The summed E-state index contributed by atoms with van der Waals surface area (Å²) in [5, 5.41) is 0. The van der Waals surface area contributed by atoms with E-state index in [1.165, 1.54) is 16.7 Å². The van der Waals surface area contributed by atoms with E-state index in [1.54, 1.807) is 0 Å². The van der Waals surface area contributed by atoms with E-state index < -0.39 is 0 Å². The molecule has 0 bridgehead atoms. The van der Waals surface area contributed by atoms with Gasteiger partial charge in [0.05, 0.1) is 0 Å². The van der Waals surface area contributed by atoms with Gasteiger partial charge in [-0.3, -0.25) is 16.2 Å². The molecule has 2 unspecified atom stereocenters. The minimum absolute atomic E-state index is 0.0625. The summed E-state index contributed by atoms with van der Waals surface area (Å²) in [6.07, 6.45) is 2.05. The Kier molecular flexibility index (Phi) is 6.85. The van der Waals surface area contributed by atoms with Crippen molar-refractivity contribution in [3.63, 3.8) is 0 Å². The van der Waals surface area contributed by atoms with Crippen molar-refractivity contribution >= 4 is 0 Å². The molecule has 0 aromatic heterocycles. The van der Waals surface area contributed by atoms with Gasteiger partial charge < -0.3 is 0 Å². The first-order chi connectivity index (χ1) is 9.94. The van der Waals surface area contributed by atoms with E-state index >= 15 is 0 Å². The monoisotopic (exact) mass is 291 g/mol. The van der Waals surface area contributed by atoms with Gasteiger partial charge in [-0.15, -0.1) is 0 Å². The van der Waals surface area contributed by atoms with Crippen LogP contribution >= 0.6 is 0 Å². The average molecular weight is 291 g/mol. The number of nitrogens with two attached hydrogens (primary N) is 1. The van der Waals surface area contributed by atoms with E-state index in [1.807, 2.05) is 0 Å². The van der Waals surface area contributed by atoms with Gasteiger partial charge in [-0.25, -0.2) is 0 Å². The van der Waals surface area contributed by atoms with E-state index in [2.05, 4.69) is 70.1 Å². The number of hydrogen-bond donors (Lipinski definition) is 2. The Morgan fingerprint density at radius 1 is 1.14 bits per heavy atom. The molecule has 3 N–H and O–H groups in total. The Morgan fingerprint density at radius 2 is 1.67 bits per heavy atom. The Bertz CT molecular complexity index is 420. The molecule has 1 aromatic rings. The summed E-state index contributed by atoms with van der Waals surface area (Å²) in [7, 11) is 0. The van der Waals surface area contributed by atoms with Gasteiger partial charge >= 0.3 is 0 Å². The first kappa shape index (κ1) is 18.1. The molecule has 2 atom stereocenters. The summed E-state index contributed by atoms with van der Waals surface area (Å²) < 4.78 is 0. The first-order valence-electron chi connectivity index (χ1n) is 8.20. The van der Waals surface area contributed by atoms with Gasteiger partial charge in [0.15, 0.2) is 0 Å². The largest absolute Gasteiger partial charge is 0.297 e. The van der Waals surface area contributed by atoms with Crippen LogP contribution in [0.15, 0.2) is 18.2 Å². The number of benzene rings is 1. The number of aryl methyl sites for hydroxylation is 2. The van der Waals surface area contributed by atoms with Crippen molar-refractivity contribution in [2.24, 2.45) is 5.84 Å². The van der Waals surface area contributed by atoms with Crippen LogP contribution in [0.5, 0.6) is 0 Å². The zero-order valence-electron chi connectivity index (χ0n) is 14.7. The van der Waals surface area contributed by atoms with Crippen molar-refractivity contribution in [2.45, 2.75) is 66.0 Å². The molecule has 1 aromatic carbocycles. The molecule has 0 aliphatic rings. The number of nitrogens with one attached hydrogen (secondary N) is 1. The lowest BCUT2D eigenvalue weighted by Crippen LogP contribution is -2.61.